The summed E-state index contributed by atoms with van der Waals surface area (Å²) in [7, 11) is 0. The maximum absolute atomic E-state index is 12.9. The van der Waals surface area contributed by atoms with Gasteiger partial charge >= 0.3 is 6.18 Å². The van der Waals surface area contributed by atoms with Crippen LogP contribution >= 0.6 is 35.4 Å². The van der Waals surface area contributed by atoms with Crippen molar-refractivity contribution in [2.24, 2.45) is 0 Å². The first-order valence-electron chi connectivity index (χ1n) is 8.89. The van der Waals surface area contributed by atoms with Gasteiger partial charge in [0.25, 0.3) is 5.91 Å². The molecule has 0 fully saturated rings. The van der Waals surface area contributed by atoms with Crippen LogP contribution in [0.4, 0.5) is 18.9 Å². The predicted octanol–water partition coefficient (Wildman–Crippen LogP) is 6.44. The van der Waals surface area contributed by atoms with Crippen molar-refractivity contribution < 1.29 is 22.7 Å². The fourth-order valence-corrected chi connectivity index (χ4v) is 2.96. The number of ether oxygens (including phenoxy) is 1. The SMILES string of the molecule is O=C(NNC(=S)Nc1ccc(Cl)c(Cl)c1)c1cccc(Oc2cccc(C(F)(F)F)c2)c1. The minimum Gasteiger partial charge on any atom is -0.457 e. The van der Waals surface area contributed by atoms with Crippen molar-refractivity contribution in [3.63, 3.8) is 0 Å². The third kappa shape index (κ3) is 6.49. The van der Waals surface area contributed by atoms with Crippen molar-refractivity contribution in [2.75, 3.05) is 5.32 Å². The molecule has 166 valence electrons. The Bertz CT molecular complexity index is 1160. The molecule has 3 aromatic rings. The number of benzene rings is 3. The minimum absolute atomic E-state index is 0.0116. The second-order valence-electron chi connectivity index (χ2n) is 6.32. The van der Waals surface area contributed by atoms with Crippen molar-refractivity contribution in [1.82, 2.24) is 10.9 Å². The molecule has 3 N–H and O–H groups in total. The van der Waals surface area contributed by atoms with Crippen LogP contribution in [0.2, 0.25) is 10.0 Å². The van der Waals surface area contributed by atoms with Crippen molar-refractivity contribution in [2.45, 2.75) is 6.18 Å². The molecule has 3 aromatic carbocycles. The molecule has 0 heterocycles. The summed E-state index contributed by atoms with van der Waals surface area (Å²) in [6.45, 7) is 0. The third-order valence-electron chi connectivity index (χ3n) is 3.96. The van der Waals surface area contributed by atoms with Gasteiger partial charge in [-0.2, -0.15) is 13.2 Å². The van der Waals surface area contributed by atoms with Crippen LogP contribution < -0.4 is 20.9 Å². The molecule has 0 aliphatic heterocycles. The van der Waals surface area contributed by atoms with E-state index in [0.29, 0.717) is 15.7 Å². The van der Waals surface area contributed by atoms with Crippen molar-refractivity contribution >= 4 is 52.1 Å². The summed E-state index contributed by atoms with van der Waals surface area (Å²) in [6, 6.07) is 15.2. The zero-order valence-corrected chi connectivity index (χ0v) is 18.3. The average Bonchev–Trinajstić information content (AvgIpc) is 2.74. The van der Waals surface area contributed by atoms with Crippen LogP contribution in [0.15, 0.2) is 66.7 Å². The summed E-state index contributed by atoms with van der Waals surface area (Å²) in [5, 5.41) is 3.64. The van der Waals surface area contributed by atoms with Crippen LogP contribution in [-0.4, -0.2) is 11.0 Å². The Morgan fingerprint density at radius 3 is 2.25 bits per heavy atom. The zero-order valence-electron chi connectivity index (χ0n) is 16.0. The molecule has 3 rings (SSSR count). The Hall–Kier alpha value is -3.01. The lowest BCUT2D eigenvalue weighted by atomic mass is 10.2. The maximum atomic E-state index is 12.9. The third-order valence-corrected chi connectivity index (χ3v) is 4.90. The summed E-state index contributed by atoms with van der Waals surface area (Å²) in [5.41, 5.74) is 4.86. The Balaban J connectivity index is 1.60. The standard InChI is InChI=1S/C21H14Cl2F3N3O2S/c22-17-8-7-14(11-18(17)23)27-20(32)29-28-19(30)12-3-1-5-15(9-12)31-16-6-2-4-13(10-16)21(24,25)26/h1-11H,(H,28,30)(H2,27,29,32). The van der Waals surface area contributed by atoms with Crippen molar-refractivity contribution in [1.29, 1.82) is 0 Å². The fourth-order valence-electron chi connectivity index (χ4n) is 2.49. The van der Waals surface area contributed by atoms with Gasteiger partial charge in [0, 0.05) is 11.3 Å². The molecule has 0 aliphatic carbocycles. The molecule has 0 atom stereocenters. The quantitative estimate of drug-likeness (QED) is 0.285. The van der Waals surface area contributed by atoms with E-state index in [-0.39, 0.29) is 22.2 Å². The number of nitrogens with one attached hydrogen (secondary N) is 3. The number of halogens is 5. The molecule has 0 aromatic heterocycles. The summed E-state index contributed by atoms with van der Waals surface area (Å²) in [6.07, 6.45) is -4.49. The van der Waals surface area contributed by atoms with Gasteiger partial charge in [-0.05, 0) is 66.8 Å². The van der Waals surface area contributed by atoms with Crippen LogP contribution in [0, 0.1) is 0 Å². The zero-order chi connectivity index (χ0) is 23.3. The number of hydrogen-bond acceptors (Lipinski definition) is 3. The summed E-state index contributed by atoms with van der Waals surface area (Å²) in [5.74, 6) is -0.367. The second kappa shape index (κ2) is 10.1. The predicted molar refractivity (Wildman–Crippen MR) is 121 cm³/mol. The van der Waals surface area contributed by atoms with Gasteiger partial charge in [-0.25, -0.2) is 0 Å². The normalized spacial score (nSPS) is 10.9. The molecular formula is C21H14Cl2F3N3O2S. The molecule has 0 saturated carbocycles. The topological polar surface area (TPSA) is 62.4 Å². The van der Waals surface area contributed by atoms with E-state index in [1.165, 1.54) is 36.4 Å². The number of hydrogen-bond donors (Lipinski definition) is 3. The van der Waals surface area contributed by atoms with Crippen LogP contribution in [0.25, 0.3) is 0 Å². The van der Waals surface area contributed by atoms with E-state index >= 15 is 0 Å². The molecule has 32 heavy (non-hydrogen) atoms. The lowest BCUT2D eigenvalue weighted by Crippen LogP contribution is -2.43. The number of alkyl halides is 3. The van der Waals surface area contributed by atoms with Crippen LogP contribution in [0.5, 0.6) is 11.5 Å². The maximum Gasteiger partial charge on any atom is 0.416 e. The lowest BCUT2D eigenvalue weighted by molar-refractivity contribution is -0.137. The summed E-state index contributed by atoms with van der Waals surface area (Å²) >= 11 is 16.9. The minimum atomic E-state index is -4.49. The number of anilines is 1. The van der Waals surface area contributed by atoms with Crippen LogP contribution in [-0.2, 0) is 6.18 Å². The lowest BCUT2D eigenvalue weighted by Gasteiger charge is -2.13. The highest BCUT2D eigenvalue weighted by Gasteiger charge is 2.30. The van der Waals surface area contributed by atoms with E-state index in [9.17, 15) is 18.0 Å². The Morgan fingerprint density at radius 2 is 1.56 bits per heavy atom. The van der Waals surface area contributed by atoms with E-state index in [1.807, 2.05) is 0 Å². The molecule has 5 nitrogen and oxygen atoms in total. The highest BCUT2D eigenvalue weighted by molar-refractivity contribution is 7.80. The molecule has 0 spiro atoms. The molecule has 0 unspecified atom stereocenters. The van der Waals surface area contributed by atoms with Gasteiger partial charge in [-0.1, -0.05) is 35.3 Å². The smallest absolute Gasteiger partial charge is 0.416 e. The van der Waals surface area contributed by atoms with Crippen LogP contribution in [0.1, 0.15) is 15.9 Å². The molecule has 0 saturated heterocycles. The fraction of sp³-hybridized carbons (Fsp3) is 0.0476. The first-order chi connectivity index (χ1) is 15.1. The number of rotatable bonds is 4. The van der Waals surface area contributed by atoms with Gasteiger partial charge in [-0.3, -0.25) is 15.6 Å². The molecule has 1 amide bonds. The van der Waals surface area contributed by atoms with Crippen molar-refractivity contribution in [3.05, 3.63) is 87.9 Å². The van der Waals surface area contributed by atoms with E-state index < -0.39 is 17.6 Å². The highest BCUT2D eigenvalue weighted by Crippen LogP contribution is 2.32. The van der Waals surface area contributed by atoms with Gasteiger partial charge in [-0.15, -0.1) is 0 Å². The molecule has 0 radical (unpaired) electrons. The van der Waals surface area contributed by atoms with E-state index in [1.54, 1.807) is 18.2 Å². The van der Waals surface area contributed by atoms with Gasteiger partial charge in [0.1, 0.15) is 11.5 Å². The van der Waals surface area contributed by atoms with Crippen molar-refractivity contribution in [3.8, 4) is 11.5 Å². The van der Waals surface area contributed by atoms with Gasteiger partial charge < -0.3 is 10.1 Å². The number of carbonyl (C=O) groups is 1. The summed E-state index contributed by atoms with van der Waals surface area (Å²) < 4.78 is 44.0. The van der Waals surface area contributed by atoms with E-state index in [0.717, 1.165) is 12.1 Å². The van der Waals surface area contributed by atoms with Gasteiger partial charge in [0.2, 0.25) is 0 Å². The van der Waals surface area contributed by atoms with E-state index in [4.69, 9.17) is 40.2 Å². The largest absolute Gasteiger partial charge is 0.457 e. The molecule has 11 heteroatoms. The summed E-state index contributed by atoms with van der Waals surface area (Å²) in [4.78, 5) is 12.4. The van der Waals surface area contributed by atoms with Gasteiger partial charge in [0.05, 0.1) is 15.6 Å². The Labute approximate surface area is 196 Å². The first kappa shape index (κ1) is 23.6. The molecular weight excluding hydrogens is 486 g/mol. The Kier molecular flexibility index (Phi) is 7.44. The second-order valence-corrected chi connectivity index (χ2v) is 7.54. The first-order valence-corrected chi connectivity index (χ1v) is 10.1. The van der Waals surface area contributed by atoms with Gasteiger partial charge in [0.15, 0.2) is 5.11 Å². The number of hydrazine groups is 1. The number of amides is 1. The molecule has 0 aliphatic rings. The van der Waals surface area contributed by atoms with E-state index in [2.05, 4.69) is 16.2 Å². The number of thiocarbonyl (C=S) groups is 1. The average molecular weight is 500 g/mol. The molecule has 0 bridgehead atoms. The monoisotopic (exact) mass is 499 g/mol. The Morgan fingerprint density at radius 1 is 0.875 bits per heavy atom. The van der Waals surface area contributed by atoms with Crippen LogP contribution in [0.3, 0.4) is 0 Å². The number of carbonyl (C=O) groups excluding carboxylic acids is 1. The highest BCUT2D eigenvalue weighted by atomic mass is 35.5.